The van der Waals surface area contributed by atoms with Crippen LogP contribution in [0.1, 0.15) is 19.4 Å². The fourth-order valence-corrected chi connectivity index (χ4v) is 2.12. The van der Waals surface area contributed by atoms with Crippen LogP contribution in [0.4, 0.5) is 0 Å². The van der Waals surface area contributed by atoms with E-state index in [1.807, 2.05) is 36.5 Å². The van der Waals surface area contributed by atoms with Gasteiger partial charge in [0, 0.05) is 22.4 Å². The summed E-state index contributed by atoms with van der Waals surface area (Å²) in [6.07, 6.45) is 3.59. The van der Waals surface area contributed by atoms with Crippen LogP contribution in [0.3, 0.4) is 0 Å². The Hall–Kier alpha value is -1.14. The molecule has 0 radical (unpaired) electrons. The van der Waals surface area contributed by atoms with Gasteiger partial charge in [0.25, 0.3) is 0 Å². The highest BCUT2D eigenvalue weighted by molar-refractivity contribution is 14.1. The summed E-state index contributed by atoms with van der Waals surface area (Å²) in [5.41, 5.74) is 1.12. The number of pyridine rings is 1. The van der Waals surface area contributed by atoms with E-state index < -0.39 is 0 Å². The second-order valence-electron chi connectivity index (χ2n) is 4.62. The number of nitrogens with zero attached hydrogens (tertiary/aromatic N) is 1. The third-order valence-electron chi connectivity index (χ3n) is 2.52. The minimum Gasteiger partial charge on any atom is -0.456 e. The largest absolute Gasteiger partial charge is 0.456 e. The molecule has 1 heterocycles. The molecule has 1 aromatic carbocycles. The summed E-state index contributed by atoms with van der Waals surface area (Å²) in [5.74, 6) is 1.60. The molecule has 4 heteroatoms. The standard InChI is InChI=1S/C15H17IN2O/c1-11(2)18-9-12-6-15(10-17-8-12)19-14-5-3-4-13(16)7-14/h3-8,10-11,18H,9H2,1-2H3. The summed E-state index contributed by atoms with van der Waals surface area (Å²) >= 11 is 2.27. The van der Waals surface area contributed by atoms with Gasteiger partial charge in [-0.15, -0.1) is 0 Å². The van der Waals surface area contributed by atoms with E-state index in [2.05, 4.69) is 46.7 Å². The van der Waals surface area contributed by atoms with Crippen molar-refractivity contribution in [3.05, 3.63) is 51.9 Å². The summed E-state index contributed by atoms with van der Waals surface area (Å²) in [4.78, 5) is 4.21. The van der Waals surface area contributed by atoms with Crippen LogP contribution in [0.15, 0.2) is 42.7 Å². The van der Waals surface area contributed by atoms with Gasteiger partial charge in [-0.05, 0) is 52.4 Å². The van der Waals surface area contributed by atoms with E-state index in [4.69, 9.17) is 4.74 Å². The number of rotatable bonds is 5. The molecule has 2 rings (SSSR count). The van der Waals surface area contributed by atoms with Crippen molar-refractivity contribution in [3.63, 3.8) is 0 Å². The van der Waals surface area contributed by atoms with Crippen LogP contribution in [0, 0.1) is 3.57 Å². The number of aromatic nitrogens is 1. The Kier molecular flexibility index (Phi) is 5.15. The summed E-state index contributed by atoms with van der Waals surface area (Å²) in [7, 11) is 0. The van der Waals surface area contributed by atoms with E-state index >= 15 is 0 Å². The molecule has 0 saturated carbocycles. The first-order valence-electron chi connectivity index (χ1n) is 6.24. The van der Waals surface area contributed by atoms with Crippen LogP contribution in [0.25, 0.3) is 0 Å². The van der Waals surface area contributed by atoms with E-state index in [-0.39, 0.29) is 0 Å². The van der Waals surface area contributed by atoms with Gasteiger partial charge in [0.2, 0.25) is 0 Å². The fraction of sp³-hybridized carbons (Fsp3) is 0.267. The highest BCUT2D eigenvalue weighted by atomic mass is 127. The molecule has 0 unspecified atom stereocenters. The molecule has 0 atom stereocenters. The van der Waals surface area contributed by atoms with Crippen LogP contribution in [0.5, 0.6) is 11.5 Å². The third-order valence-corrected chi connectivity index (χ3v) is 3.19. The lowest BCUT2D eigenvalue weighted by atomic mass is 10.2. The van der Waals surface area contributed by atoms with E-state index in [1.165, 1.54) is 0 Å². The molecule has 0 saturated heterocycles. The molecule has 0 amide bonds. The molecule has 19 heavy (non-hydrogen) atoms. The molecule has 0 aliphatic carbocycles. The predicted molar refractivity (Wildman–Crippen MR) is 85.4 cm³/mol. The first-order valence-corrected chi connectivity index (χ1v) is 7.32. The number of ether oxygens (including phenoxy) is 1. The van der Waals surface area contributed by atoms with Crippen LogP contribution in [-0.2, 0) is 6.54 Å². The van der Waals surface area contributed by atoms with Gasteiger partial charge in [-0.2, -0.15) is 0 Å². The highest BCUT2D eigenvalue weighted by Crippen LogP contribution is 2.22. The lowest BCUT2D eigenvalue weighted by molar-refractivity contribution is 0.478. The molecular formula is C15H17IN2O. The molecule has 0 spiro atoms. The number of halogens is 1. The van der Waals surface area contributed by atoms with Crippen LogP contribution < -0.4 is 10.1 Å². The van der Waals surface area contributed by atoms with Gasteiger partial charge < -0.3 is 10.1 Å². The number of benzene rings is 1. The van der Waals surface area contributed by atoms with Gasteiger partial charge in [-0.25, -0.2) is 0 Å². The normalized spacial score (nSPS) is 10.7. The van der Waals surface area contributed by atoms with Gasteiger partial charge in [-0.1, -0.05) is 19.9 Å². The molecule has 1 N–H and O–H groups in total. The minimum absolute atomic E-state index is 0.459. The molecule has 1 aromatic heterocycles. The van der Waals surface area contributed by atoms with Crippen molar-refractivity contribution in [2.75, 3.05) is 0 Å². The van der Waals surface area contributed by atoms with Gasteiger partial charge in [0.15, 0.2) is 0 Å². The summed E-state index contributed by atoms with van der Waals surface area (Å²) in [6, 6.07) is 10.4. The fourth-order valence-electron chi connectivity index (χ4n) is 1.60. The molecule has 3 nitrogen and oxygen atoms in total. The predicted octanol–water partition coefficient (Wildman–Crippen LogP) is 3.98. The molecule has 0 aliphatic rings. The Morgan fingerprint density at radius 1 is 1.21 bits per heavy atom. The Bertz CT molecular complexity index is 543. The summed E-state index contributed by atoms with van der Waals surface area (Å²) < 4.78 is 6.96. The maximum Gasteiger partial charge on any atom is 0.146 e. The zero-order valence-corrected chi connectivity index (χ0v) is 13.2. The van der Waals surface area contributed by atoms with Gasteiger partial charge in [-0.3, -0.25) is 4.98 Å². The Labute approximate surface area is 127 Å². The lowest BCUT2D eigenvalue weighted by Crippen LogP contribution is -2.21. The van der Waals surface area contributed by atoms with Gasteiger partial charge in [0.05, 0.1) is 6.20 Å². The second kappa shape index (κ2) is 6.86. The molecule has 0 bridgehead atoms. The smallest absolute Gasteiger partial charge is 0.146 e. The van der Waals surface area contributed by atoms with Crippen molar-refractivity contribution in [1.29, 1.82) is 0 Å². The van der Waals surface area contributed by atoms with Crippen molar-refractivity contribution in [3.8, 4) is 11.5 Å². The monoisotopic (exact) mass is 368 g/mol. The average Bonchev–Trinajstić information content (AvgIpc) is 2.37. The molecule has 2 aromatic rings. The zero-order chi connectivity index (χ0) is 13.7. The summed E-state index contributed by atoms with van der Waals surface area (Å²) in [6.45, 7) is 5.05. The van der Waals surface area contributed by atoms with Crippen LogP contribution in [0.2, 0.25) is 0 Å². The Morgan fingerprint density at radius 2 is 2.05 bits per heavy atom. The molecule has 0 fully saturated rings. The maximum absolute atomic E-state index is 5.81. The number of nitrogens with one attached hydrogen (secondary N) is 1. The number of hydrogen-bond acceptors (Lipinski definition) is 3. The average molecular weight is 368 g/mol. The zero-order valence-electron chi connectivity index (χ0n) is 11.1. The second-order valence-corrected chi connectivity index (χ2v) is 5.87. The molecular weight excluding hydrogens is 351 g/mol. The minimum atomic E-state index is 0.459. The van der Waals surface area contributed by atoms with Crippen LogP contribution >= 0.6 is 22.6 Å². The van der Waals surface area contributed by atoms with E-state index in [0.29, 0.717) is 6.04 Å². The first-order chi connectivity index (χ1) is 9.13. The highest BCUT2D eigenvalue weighted by Gasteiger charge is 2.01. The topological polar surface area (TPSA) is 34.2 Å². The van der Waals surface area contributed by atoms with Crippen LogP contribution in [-0.4, -0.2) is 11.0 Å². The van der Waals surface area contributed by atoms with Gasteiger partial charge >= 0.3 is 0 Å². The Morgan fingerprint density at radius 3 is 2.79 bits per heavy atom. The van der Waals surface area contributed by atoms with E-state index in [0.717, 1.165) is 27.2 Å². The lowest BCUT2D eigenvalue weighted by Gasteiger charge is -2.10. The molecule has 100 valence electrons. The van der Waals surface area contributed by atoms with Gasteiger partial charge in [0.1, 0.15) is 11.5 Å². The van der Waals surface area contributed by atoms with Crippen molar-refractivity contribution < 1.29 is 4.74 Å². The van der Waals surface area contributed by atoms with E-state index in [9.17, 15) is 0 Å². The van der Waals surface area contributed by atoms with Crippen molar-refractivity contribution in [1.82, 2.24) is 10.3 Å². The van der Waals surface area contributed by atoms with Crippen molar-refractivity contribution >= 4 is 22.6 Å². The number of hydrogen-bond donors (Lipinski definition) is 1. The van der Waals surface area contributed by atoms with Crippen molar-refractivity contribution in [2.24, 2.45) is 0 Å². The molecule has 0 aliphatic heterocycles. The first kappa shape index (κ1) is 14.3. The SMILES string of the molecule is CC(C)NCc1cncc(Oc2cccc(I)c2)c1. The summed E-state index contributed by atoms with van der Waals surface area (Å²) in [5, 5.41) is 3.37. The van der Waals surface area contributed by atoms with E-state index in [1.54, 1.807) is 6.20 Å². The quantitative estimate of drug-likeness (QED) is 0.811. The van der Waals surface area contributed by atoms with Crippen molar-refractivity contribution in [2.45, 2.75) is 26.4 Å². The third kappa shape index (κ3) is 4.80. The Balaban J connectivity index is 2.06. The maximum atomic E-state index is 5.81.